The van der Waals surface area contributed by atoms with E-state index < -0.39 is 0 Å². The first-order valence-electron chi connectivity index (χ1n) is 11.2. The predicted octanol–water partition coefficient (Wildman–Crippen LogP) is 5.75. The van der Waals surface area contributed by atoms with E-state index in [4.69, 9.17) is 9.47 Å². The van der Waals surface area contributed by atoms with Crippen molar-refractivity contribution in [3.05, 3.63) is 45.5 Å². The van der Waals surface area contributed by atoms with Gasteiger partial charge in [0.05, 0.1) is 6.61 Å². The molecule has 31 heavy (non-hydrogen) atoms. The van der Waals surface area contributed by atoms with Crippen molar-refractivity contribution in [1.82, 2.24) is 4.90 Å². The Morgan fingerprint density at radius 3 is 2.23 bits per heavy atom. The first-order chi connectivity index (χ1) is 14.6. The zero-order chi connectivity index (χ0) is 23.3. The highest BCUT2D eigenvalue weighted by molar-refractivity contribution is 5.57. The number of ether oxygens (including phenoxy) is 2. The van der Waals surface area contributed by atoms with E-state index in [1.165, 1.54) is 0 Å². The Morgan fingerprint density at radius 2 is 1.61 bits per heavy atom. The molecule has 5 heteroatoms. The second-order valence-corrected chi connectivity index (χ2v) is 8.80. The third kappa shape index (κ3) is 5.85. The molecule has 0 amide bonds. The number of phenols is 2. The monoisotopic (exact) mass is 429 g/mol. The second-order valence-electron chi connectivity index (χ2n) is 8.80. The predicted molar refractivity (Wildman–Crippen MR) is 127 cm³/mol. The molecule has 0 unspecified atom stereocenters. The highest BCUT2D eigenvalue weighted by Crippen LogP contribution is 2.38. The normalized spacial score (nSPS) is 11.4. The molecule has 0 aliphatic rings. The number of aryl methyl sites for hydroxylation is 1. The SMILES string of the molecule is CCCOc1c(C)c(C)c(O)c(C)c1CN(C)CCOc1cc(C)c(O)cc1C(C)C. The summed E-state index contributed by atoms with van der Waals surface area (Å²) in [5.74, 6) is 2.63. The summed E-state index contributed by atoms with van der Waals surface area (Å²) in [4.78, 5) is 2.18. The molecule has 5 nitrogen and oxygen atoms in total. The van der Waals surface area contributed by atoms with E-state index in [2.05, 4.69) is 25.7 Å². The quantitative estimate of drug-likeness (QED) is 0.503. The van der Waals surface area contributed by atoms with Gasteiger partial charge in [-0.2, -0.15) is 0 Å². The number of hydrogen-bond acceptors (Lipinski definition) is 5. The summed E-state index contributed by atoms with van der Waals surface area (Å²) in [5.41, 5.74) is 5.60. The molecule has 0 aliphatic carbocycles. The van der Waals surface area contributed by atoms with Gasteiger partial charge in [-0.25, -0.2) is 0 Å². The van der Waals surface area contributed by atoms with Gasteiger partial charge >= 0.3 is 0 Å². The summed E-state index contributed by atoms with van der Waals surface area (Å²) in [6, 6.07) is 3.71. The summed E-state index contributed by atoms with van der Waals surface area (Å²) in [5, 5.41) is 20.6. The molecular formula is C26H39NO4. The van der Waals surface area contributed by atoms with Crippen LogP contribution in [0.5, 0.6) is 23.0 Å². The molecule has 0 bridgehead atoms. The van der Waals surface area contributed by atoms with Crippen molar-refractivity contribution in [1.29, 1.82) is 0 Å². The molecule has 0 atom stereocenters. The molecule has 2 aromatic rings. The van der Waals surface area contributed by atoms with Crippen molar-refractivity contribution in [2.24, 2.45) is 0 Å². The van der Waals surface area contributed by atoms with Crippen molar-refractivity contribution >= 4 is 0 Å². The van der Waals surface area contributed by atoms with E-state index in [1.807, 2.05) is 40.8 Å². The minimum atomic E-state index is 0.263. The van der Waals surface area contributed by atoms with Crippen LogP contribution in [0, 0.1) is 27.7 Å². The number of likely N-dealkylation sites (N-methyl/N-ethyl adjacent to an activating group) is 1. The van der Waals surface area contributed by atoms with Gasteiger partial charge < -0.3 is 19.7 Å². The fraction of sp³-hybridized carbons (Fsp3) is 0.538. The van der Waals surface area contributed by atoms with Crippen LogP contribution in [0.1, 0.15) is 66.5 Å². The Bertz CT molecular complexity index is 905. The van der Waals surface area contributed by atoms with Crippen molar-refractivity contribution < 1.29 is 19.7 Å². The number of hydrogen-bond donors (Lipinski definition) is 2. The molecule has 0 aliphatic heterocycles. The minimum absolute atomic E-state index is 0.263. The summed E-state index contributed by atoms with van der Waals surface area (Å²) in [6.45, 7) is 16.6. The smallest absolute Gasteiger partial charge is 0.127 e. The minimum Gasteiger partial charge on any atom is -0.508 e. The third-order valence-electron chi connectivity index (χ3n) is 5.90. The number of nitrogens with zero attached hydrogens (tertiary/aromatic N) is 1. The molecule has 0 aromatic heterocycles. The van der Waals surface area contributed by atoms with Crippen LogP contribution in [-0.2, 0) is 6.54 Å². The van der Waals surface area contributed by atoms with Gasteiger partial charge in [-0.3, -0.25) is 4.90 Å². The first kappa shape index (κ1) is 24.9. The van der Waals surface area contributed by atoms with Gasteiger partial charge in [-0.15, -0.1) is 0 Å². The maximum absolute atomic E-state index is 10.6. The molecule has 2 N–H and O–H groups in total. The van der Waals surface area contributed by atoms with E-state index in [-0.39, 0.29) is 5.92 Å². The van der Waals surface area contributed by atoms with Crippen molar-refractivity contribution in [2.75, 3.05) is 26.8 Å². The third-order valence-corrected chi connectivity index (χ3v) is 5.90. The average Bonchev–Trinajstić information content (AvgIpc) is 2.72. The first-order valence-corrected chi connectivity index (χ1v) is 11.2. The van der Waals surface area contributed by atoms with Gasteiger partial charge in [-0.1, -0.05) is 20.8 Å². The lowest BCUT2D eigenvalue weighted by atomic mass is 9.97. The van der Waals surface area contributed by atoms with Gasteiger partial charge in [0.2, 0.25) is 0 Å². The van der Waals surface area contributed by atoms with Gasteiger partial charge in [0.1, 0.15) is 29.6 Å². The summed E-state index contributed by atoms with van der Waals surface area (Å²) < 4.78 is 12.2. The van der Waals surface area contributed by atoms with Gasteiger partial charge in [0.15, 0.2) is 0 Å². The number of benzene rings is 2. The number of phenolic OH excluding ortho intramolecular Hbond substituents is 2. The van der Waals surface area contributed by atoms with Gasteiger partial charge in [0.25, 0.3) is 0 Å². The van der Waals surface area contributed by atoms with Crippen LogP contribution >= 0.6 is 0 Å². The Balaban J connectivity index is 2.14. The Hall–Kier alpha value is -2.40. The fourth-order valence-electron chi connectivity index (χ4n) is 3.68. The lowest BCUT2D eigenvalue weighted by Crippen LogP contribution is -2.25. The van der Waals surface area contributed by atoms with Crippen LogP contribution in [0.25, 0.3) is 0 Å². The molecule has 0 fully saturated rings. The van der Waals surface area contributed by atoms with Crippen molar-refractivity contribution in [3.63, 3.8) is 0 Å². The fourth-order valence-corrected chi connectivity index (χ4v) is 3.68. The number of rotatable bonds is 10. The Kier molecular flexibility index (Phi) is 8.63. The van der Waals surface area contributed by atoms with Gasteiger partial charge in [0, 0.05) is 24.2 Å². The molecule has 172 valence electrons. The number of aromatic hydroxyl groups is 2. The summed E-state index contributed by atoms with van der Waals surface area (Å²) in [7, 11) is 2.05. The maximum atomic E-state index is 10.6. The van der Waals surface area contributed by atoms with Crippen LogP contribution in [0.4, 0.5) is 0 Å². The molecule has 0 radical (unpaired) electrons. The Labute approximate surface area is 187 Å². The van der Waals surface area contributed by atoms with Crippen LogP contribution in [0.15, 0.2) is 12.1 Å². The van der Waals surface area contributed by atoms with E-state index in [1.54, 1.807) is 6.07 Å². The average molecular weight is 430 g/mol. The lowest BCUT2D eigenvalue weighted by Gasteiger charge is -2.24. The van der Waals surface area contributed by atoms with Crippen molar-refractivity contribution in [2.45, 2.75) is 67.3 Å². The van der Waals surface area contributed by atoms with E-state index >= 15 is 0 Å². The molecule has 2 aromatic carbocycles. The molecule has 0 spiro atoms. The highest BCUT2D eigenvalue weighted by atomic mass is 16.5. The van der Waals surface area contributed by atoms with Crippen LogP contribution in [-0.4, -0.2) is 41.9 Å². The Morgan fingerprint density at radius 1 is 0.935 bits per heavy atom. The highest BCUT2D eigenvalue weighted by Gasteiger charge is 2.19. The van der Waals surface area contributed by atoms with Crippen LogP contribution < -0.4 is 9.47 Å². The largest absolute Gasteiger partial charge is 0.508 e. The van der Waals surface area contributed by atoms with Crippen molar-refractivity contribution in [3.8, 4) is 23.0 Å². The van der Waals surface area contributed by atoms with Gasteiger partial charge in [-0.05, 0) is 81.5 Å². The zero-order valence-corrected chi connectivity index (χ0v) is 20.4. The zero-order valence-electron chi connectivity index (χ0n) is 20.4. The van der Waals surface area contributed by atoms with E-state index in [0.717, 1.165) is 57.8 Å². The molecular weight excluding hydrogens is 390 g/mol. The van der Waals surface area contributed by atoms with Crippen LogP contribution in [0.2, 0.25) is 0 Å². The molecule has 0 saturated carbocycles. The summed E-state index contributed by atoms with van der Waals surface area (Å²) in [6.07, 6.45) is 0.936. The van der Waals surface area contributed by atoms with E-state index in [9.17, 15) is 10.2 Å². The topological polar surface area (TPSA) is 62.2 Å². The van der Waals surface area contributed by atoms with Crippen LogP contribution in [0.3, 0.4) is 0 Å². The molecule has 0 saturated heterocycles. The molecule has 2 rings (SSSR count). The molecule has 0 heterocycles. The second kappa shape index (κ2) is 10.8. The van der Waals surface area contributed by atoms with E-state index in [0.29, 0.717) is 31.3 Å². The lowest BCUT2D eigenvalue weighted by molar-refractivity contribution is 0.226. The standard InChI is InChI=1S/C26H39NO4/c1-9-11-31-26-19(6)18(5)25(29)20(7)22(26)15-27(8)10-12-30-24-13-17(4)23(28)14-21(24)16(2)3/h13-14,16,28-29H,9-12,15H2,1-8H3. The maximum Gasteiger partial charge on any atom is 0.127 e. The summed E-state index contributed by atoms with van der Waals surface area (Å²) >= 11 is 0.